The molecule has 0 fully saturated rings. The van der Waals surface area contributed by atoms with E-state index in [0.717, 1.165) is 11.1 Å². The average molecular weight is 278 g/mol. The van der Waals surface area contributed by atoms with Gasteiger partial charge in [0.05, 0.1) is 0 Å². The molecule has 4 heteroatoms. The van der Waals surface area contributed by atoms with E-state index in [9.17, 15) is 9.90 Å². The van der Waals surface area contributed by atoms with Crippen molar-refractivity contribution in [1.29, 1.82) is 5.26 Å². The van der Waals surface area contributed by atoms with Gasteiger partial charge in [0.2, 0.25) is 0 Å². The molecule has 104 valence electrons. The normalized spacial score (nSPS) is 10.8. The Morgan fingerprint density at radius 2 is 1.76 bits per heavy atom. The number of nitrogens with zero attached hydrogens (tertiary/aromatic N) is 1. The molecule has 2 aromatic rings. The van der Waals surface area contributed by atoms with Crippen molar-refractivity contribution < 1.29 is 9.90 Å². The first-order valence-corrected chi connectivity index (χ1v) is 6.37. The van der Waals surface area contributed by atoms with E-state index in [2.05, 4.69) is 5.32 Å². The van der Waals surface area contributed by atoms with Gasteiger partial charge in [-0.1, -0.05) is 29.8 Å². The number of nitriles is 1. The van der Waals surface area contributed by atoms with Gasteiger partial charge < -0.3 is 10.4 Å². The number of rotatable bonds is 3. The Hall–Kier alpha value is -3.06. The van der Waals surface area contributed by atoms with E-state index in [1.807, 2.05) is 37.3 Å². The fraction of sp³-hybridized carbons (Fsp3) is 0.0588. The topological polar surface area (TPSA) is 73.1 Å². The molecule has 0 saturated carbocycles. The van der Waals surface area contributed by atoms with Crippen molar-refractivity contribution in [3.8, 4) is 11.8 Å². The van der Waals surface area contributed by atoms with E-state index in [0.29, 0.717) is 5.69 Å². The van der Waals surface area contributed by atoms with Crippen LogP contribution in [0.3, 0.4) is 0 Å². The van der Waals surface area contributed by atoms with Gasteiger partial charge in [0, 0.05) is 5.69 Å². The third-order valence-corrected chi connectivity index (χ3v) is 2.88. The first kappa shape index (κ1) is 14.4. The quantitative estimate of drug-likeness (QED) is 0.514. The number of carbonyl (C=O) groups excluding carboxylic acids is 1. The minimum absolute atomic E-state index is 0.0203. The molecule has 0 bridgehead atoms. The van der Waals surface area contributed by atoms with Gasteiger partial charge in [0.1, 0.15) is 17.4 Å². The van der Waals surface area contributed by atoms with E-state index >= 15 is 0 Å². The van der Waals surface area contributed by atoms with E-state index in [1.54, 1.807) is 12.1 Å². The predicted molar refractivity (Wildman–Crippen MR) is 81.5 cm³/mol. The zero-order valence-electron chi connectivity index (χ0n) is 11.5. The lowest BCUT2D eigenvalue weighted by atomic mass is 10.1. The van der Waals surface area contributed by atoms with Gasteiger partial charge in [-0.15, -0.1) is 0 Å². The Morgan fingerprint density at radius 1 is 1.14 bits per heavy atom. The summed E-state index contributed by atoms with van der Waals surface area (Å²) < 4.78 is 0. The number of nitrogens with one attached hydrogen (secondary N) is 1. The Morgan fingerprint density at radius 3 is 2.33 bits per heavy atom. The van der Waals surface area contributed by atoms with Crippen LogP contribution in [0.1, 0.15) is 11.1 Å². The van der Waals surface area contributed by atoms with Crippen LogP contribution in [-0.2, 0) is 4.79 Å². The SMILES string of the molecule is Cc1ccc(C=C(C#N)C(=O)Nc2ccc(O)cc2)cc1. The minimum Gasteiger partial charge on any atom is -0.508 e. The lowest BCUT2D eigenvalue weighted by molar-refractivity contribution is -0.112. The third-order valence-electron chi connectivity index (χ3n) is 2.88. The molecule has 4 nitrogen and oxygen atoms in total. The van der Waals surface area contributed by atoms with E-state index in [-0.39, 0.29) is 11.3 Å². The number of anilines is 1. The van der Waals surface area contributed by atoms with Gasteiger partial charge in [-0.2, -0.15) is 5.26 Å². The van der Waals surface area contributed by atoms with Crippen molar-refractivity contribution >= 4 is 17.7 Å². The summed E-state index contributed by atoms with van der Waals surface area (Å²) in [5.41, 5.74) is 2.44. The second-order valence-electron chi connectivity index (χ2n) is 4.58. The van der Waals surface area contributed by atoms with Gasteiger partial charge in [-0.25, -0.2) is 0 Å². The highest BCUT2D eigenvalue weighted by Gasteiger charge is 2.09. The molecule has 0 aliphatic rings. The Labute approximate surface area is 123 Å². The molecule has 0 unspecified atom stereocenters. The first-order chi connectivity index (χ1) is 10.1. The molecule has 2 N–H and O–H groups in total. The first-order valence-electron chi connectivity index (χ1n) is 6.37. The molecular formula is C17H14N2O2. The number of amides is 1. The number of phenolic OH excluding ortho intramolecular Hbond substituents is 1. The summed E-state index contributed by atoms with van der Waals surface area (Å²) in [5.74, 6) is -0.368. The zero-order valence-corrected chi connectivity index (χ0v) is 11.5. The zero-order chi connectivity index (χ0) is 15.2. The minimum atomic E-state index is -0.483. The lowest BCUT2D eigenvalue weighted by Crippen LogP contribution is -2.13. The highest BCUT2D eigenvalue weighted by atomic mass is 16.3. The summed E-state index contributed by atoms with van der Waals surface area (Å²) in [4.78, 5) is 12.0. The van der Waals surface area contributed by atoms with Crippen LogP contribution in [0.25, 0.3) is 6.08 Å². The van der Waals surface area contributed by atoms with Gasteiger partial charge in [-0.3, -0.25) is 4.79 Å². The third kappa shape index (κ3) is 3.95. The molecule has 0 saturated heterocycles. The fourth-order valence-corrected chi connectivity index (χ4v) is 1.72. The van der Waals surface area contributed by atoms with Gasteiger partial charge in [0.25, 0.3) is 5.91 Å². The molecule has 0 atom stereocenters. The molecule has 2 aromatic carbocycles. The van der Waals surface area contributed by atoms with Gasteiger partial charge in [-0.05, 0) is 42.8 Å². The van der Waals surface area contributed by atoms with Crippen LogP contribution in [0.15, 0.2) is 54.1 Å². The monoisotopic (exact) mass is 278 g/mol. The van der Waals surface area contributed by atoms with Crippen LogP contribution in [0.4, 0.5) is 5.69 Å². The number of hydrogen-bond acceptors (Lipinski definition) is 3. The maximum absolute atomic E-state index is 12.0. The van der Waals surface area contributed by atoms with Crippen LogP contribution in [0, 0.1) is 18.3 Å². The number of aryl methyl sites for hydroxylation is 1. The van der Waals surface area contributed by atoms with E-state index in [4.69, 9.17) is 5.26 Å². The fourth-order valence-electron chi connectivity index (χ4n) is 1.72. The van der Waals surface area contributed by atoms with Crippen molar-refractivity contribution in [2.75, 3.05) is 5.32 Å². The Balaban J connectivity index is 2.17. The van der Waals surface area contributed by atoms with Crippen molar-refractivity contribution in [3.63, 3.8) is 0 Å². The van der Waals surface area contributed by atoms with Gasteiger partial charge >= 0.3 is 0 Å². The standard InChI is InChI=1S/C17H14N2O2/c1-12-2-4-13(5-3-12)10-14(11-18)17(21)19-15-6-8-16(20)9-7-15/h2-10,20H,1H3,(H,19,21). The summed E-state index contributed by atoms with van der Waals surface area (Å²) in [6.07, 6.45) is 1.54. The molecule has 0 heterocycles. The highest BCUT2D eigenvalue weighted by Crippen LogP contribution is 2.15. The summed E-state index contributed by atoms with van der Waals surface area (Å²) in [5, 5.41) is 20.9. The average Bonchev–Trinajstić information content (AvgIpc) is 2.49. The predicted octanol–water partition coefficient (Wildman–Crippen LogP) is 3.25. The molecule has 0 aliphatic heterocycles. The number of aromatic hydroxyl groups is 1. The van der Waals surface area contributed by atoms with Crippen LogP contribution < -0.4 is 5.32 Å². The van der Waals surface area contributed by atoms with Crippen molar-refractivity contribution in [2.24, 2.45) is 0 Å². The lowest BCUT2D eigenvalue weighted by Gasteiger charge is -2.04. The number of carbonyl (C=O) groups is 1. The van der Waals surface area contributed by atoms with Gasteiger partial charge in [0.15, 0.2) is 0 Å². The molecular weight excluding hydrogens is 264 g/mol. The number of hydrogen-bond donors (Lipinski definition) is 2. The van der Waals surface area contributed by atoms with Crippen LogP contribution in [-0.4, -0.2) is 11.0 Å². The molecule has 0 aromatic heterocycles. The van der Waals surface area contributed by atoms with Crippen LogP contribution >= 0.6 is 0 Å². The number of phenols is 1. The molecule has 0 spiro atoms. The maximum Gasteiger partial charge on any atom is 0.266 e. The van der Waals surface area contributed by atoms with Crippen molar-refractivity contribution in [2.45, 2.75) is 6.92 Å². The maximum atomic E-state index is 12.0. The van der Waals surface area contributed by atoms with Crippen molar-refractivity contribution in [1.82, 2.24) is 0 Å². The summed E-state index contributed by atoms with van der Waals surface area (Å²) >= 11 is 0. The molecule has 21 heavy (non-hydrogen) atoms. The Bertz CT molecular complexity index is 708. The molecule has 1 amide bonds. The smallest absolute Gasteiger partial charge is 0.266 e. The second kappa shape index (κ2) is 6.40. The molecule has 0 radical (unpaired) electrons. The summed E-state index contributed by atoms with van der Waals surface area (Å²) in [7, 11) is 0. The molecule has 2 rings (SSSR count). The largest absolute Gasteiger partial charge is 0.508 e. The van der Waals surface area contributed by atoms with E-state index in [1.165, 1.54) is 18.2 Å². The molecule has 0 aliphatic carbocycles. The Kier molecular flexibility index (Phi) is 4.37. The van der Waals surface area contributed by atoms with E-state index < -0.39 is 5.91 Å². The summed E-state index contributed by atoms with van der Waals surface area (Å²) in [6, 6.07) is 15.5. The highest BCUT2D eigenvalue weighted by molar-refractivity contribution is 6.09. The second-order valence-corrected chi connectivity index (χ2v) is 4.58. The van der Waals surface area contributed by atoms with Crippen molar-refractivity contribution in [3.05, 3.63) is 65.2 Å². The number of benzene rings is 2. The summed E-state index contributed by atoms with van der Waals surface area (Å²) in [6.45, 7) is 1.97. The van der Waals surface area contributed by atoms with Crippen LogP contribution in [0.5, 0.6) is 5.75 Å². The van der Waals surface area contributed by atoms with Crippen LogP contribution in [0.2, 0.25) is 0 Å².